The largest absolute Gasteiger partial charge is 0.460 e. The molecule has 0 aliphatic carbocycles. The highest BCUT2D eigenvalue weighted by Crippen LogP contribution is 2.15. The molecule has 8 heteroatoms. The van der Waals surface area contributed by atoms with Gasteiger partial charge in [-0.2, -0.15) is 0 Å². The maximum Gasteiger partial charge on any atom is 0.331 e. The van der Waals surface area contributed by atoms with Gasteiger partial charge in [-0.1, -0.05) is 88.4 Å². The molecule has 2 atom stereocenters. The summed E-state index contributed by atoms with van der Waals surface area (Å²) in [7, 11) is 0. The zero-order chi connectivity index (χ0) is 26.5. The van der Waals surface area contributed by atoms with Crippen LogP contribution in [0.4, 0.5) is 0 Å². The molecular formula is C28H34N2O6. The van der Waals surface area contributed by atoms with Gasteiger partial charge < -0.3 is 20.1 Å². The third-order valence-corrected chi connectivity index (χ3v) is 5.23. The third kappa shape index (κ3) is 9.74. The molecule has 0 aromatic heterocycles. The second-order valence-electron chi connectivity index (χ2n) is 8.85. The van der Waals surface area contributed by atoms with Crippen LogP contribution in [0, 0.1) is 11.8 Å². The maximum absolute atomic E-state index is 12.2. The molecule has 1 unspecified atom stereocenters. The fraction of sp³-hybridized carbons (Fsp3) is 0.357. The number of esters is 2. The molecule has 2 aromatic rings. The SMILES string of the molecule is CC(C)C(=O)NC(COC(=O)/C=C/C(=O)OC[C@@H](NC(=O)C(C)C)c1ccccc1)c1ccccc1. The van der Waals surface area contributed by atoms with E-state index in [1.807, 2.05) is 60.7 Å². The molecule has 0 spiro atoms. The monoisotopic (exact) mass is 494 g/mol. The molecule has 0 saturated carbocycles. The summed E-state index contributed by atoms with van der Waals surface area (Å²) < 4.78 is 10.5. The van der Waals surface area contributed by atoms with Gasteiger partial charge in [0.25, 0.3) is 0 Å². The van der Waals surface area contributed by atoms with Crippen molar-refractivity contribution >= 4 is 23.8 Å². The Hall–Kier alpha value is -3.94. The smallest absolute Gasteiger partial charge is 0.331 e. The molecule has 0 bridgehead atoms. The highest BCUT2D eigenvalue weighted by molar-refractivity contribution is 5.91. The summed E-state index contributed by atoms with van der Waals surface area (Å²) in [5.74, 6) is -2.30. The van der Waals surface area contributed by atoms with Crippen LogP contribution in [0.5, 0.6) is 0 Å². The zero-order valence-corrected chi connectivity index (χ0v) is 21.1. The topological polar surface area (TPSA) is 111 Å². The van der Waals surface area contributed by atoms with E-state index in [9.17, 15) is 19.2 Å². The molecule has 192 valence electrons. The van der Waals surface area contributed by atoms with Gasteiger partial charge in [-0.15, -0.1) is 0 Å². The van der Waals surface area contributed by atoms with E-state index in [1.165, 1.54) is 0 Å². The number of benzene rings is 2. The molecule has 0 fully saturated rings. The first-order valence-electron chi connectivity index (χ1n) is 11.9. The predicted octanol–water partition coefficient (Wildman–Crippen LogP) is 3.66. The second-order valence-corrected chi connectivity index (χ2v) is 8.85. The van der Waals surface area contributed by atoms with Gasteiger partial charge in [0.05, 0.1) is 12.1 Å². The molecule has 0 aliphatic heterocycles. The Balaban J connectivity index is 1.92. The first-order chi connectivity index (χ1) is 17.2. The molecule has 0 aliphatic rings. The van der Waals surface area contributed by atoms with E-state index in [1.54, 1.807) is 27.7 Å². The summed E-state index contributed by atoms with van der Waals surface area (Å²) in [6.07, 6.45) is 1.94. The lowest BCUT2D eigenvalue weighted by atomic mass is 10.1. The van der Waals surface area contributed by atoms with E-state index < -0.39 is 24.0 Å². The Bertz CT molecular complexity index is 951. The fourth-order valence-electron chi connectivity index (χ4n) is 3.05. The van der Waals surface area contributed by atoms with Crippen molar-refractivity contribution in [3.63, 3.8) is 0 Å². The van der Waals surface area contributed by atoms with Crippen molar-refractivity contribution in [2.45, 2.75) is 39.8 Å². The normalized spacial score (nSPS) is 12.7. The molecule has 2 N–H and O–H groups in total. The minimum Gasteiger partial charge on any atom is -0.460 e. The van der Waals surface area contributed by atoms with E-state index in [-0.39, 0.29) is 36.9 Å². The lowest BCUT2D eigenvalue weighted by molar-refractivity contribution is -0.142. The molecule has 2 amide bonds. The van der Waals surface area contributed by atoms with Gasteiger partial charge in [-0.05, 0) is 11.1 Å². The Morgan fingerprint density at radius 2 is 0.972 bits per heavy atom. The zero-order valence-electron chi connectivity index (χ0n) is 21.1. The summed E-state index contributed by atoms with van der Waals surface area (Å²) in [6.45, 7) is 6.89. The summed E-state index contributed by atoms with van der Waals surface area (Å²) in [5.41, 5.74) is 1.58. The molecular weight excluding hydrogens is 460 g/mol. The van der Waals surface area contributed by atoms with Gasteiger partial charge in [0.1, 0.15) is 13.2 Å². The van der Waals surface area contributed by atoms with Crippen LogP contribution in [0.1, 0.15) is 50.9 Å². The standard InChI is InChI=1S/C28H34N2O6/c1-19(2)27(33)29-23(21-11-7-5-8-12-21)17-35-25(31)15-16-26(32)36-18-24(30-28(34)20(3)4)22-13-9-6-10-14-22/h5-16,19-20,23-24H,17-18H2,1-4H3,(H,29,33)(H,30,34)/b16-15+/t23-,24?/m1/s1. The molecule has 2 aromatic carbocycles. The number of ether oxygens (including phenoxy) is 2. The van der Waals surface area contributed by atoms with Gasteiger partial charge >= 0.3 is 11.9 Å². The minimum absolute atomic E-state index is 0.0992. The van der Waals surface area contributed by atoms with Gasteiger partial charge in [-0.3, -0.25) is 9.59 Å². The van der Waals surface area contributed by atoms with Crippen LogP contribution in [0.2, 0.25) is 0 Å². The highest BCUT2D eigenvalue weighted by atomic mass is 16.5. The Labute approximate surface area is 212 Å². The molecule has 2 rings (SSSR count). The number of rotatable bonds is 12. The lowest BCUT2D eigenvalue weighted by Gasteiger charge is -2.20. The van der Waals surface area contributed by atoms with Gasteiger partial charge in [0.15, 0.2) is 0 Å². The van der Waals surface area contributed by atoms with Gasteiger partial charge in [0, 0.05) is 24.0 Å². The number of hydrogen-bond donors (Lipinski definition) is 2. The van der Waals surface area contributed by atoms with E-state index in [0.29, 0.717) is 0 Å². The number of nitrogens with one attached hydrogen (secondary N) is 2. The Morgan fingerprint density at radius 3 is 1.28 bits per heavy atom. The predicted molar refractivity (Wildman–Crippen MR) is 135 cm³/mol. The third-order valence-electron chi connectivity index (χ3n) is 5.23. The van der Waals surface area contributed by atoms with E-state index in [0.717, 1.165) is 23.3 Å². The van der Waals surface area contributed by atoms with Crippen molar-refractivity contribution in [3.8, 4) is 0 Å². The van der Waals surface area contributed by atoms with Gasteiger partial charge in [0.2, 0.25) is 11.8 Å². The average molecular weight is 495 g/mol. The van der Waals surface area contributed by atoms with Crippen molar-refractivity contribution in [1.29, 1.82) is 0 Å². The maximum atomic E-state index is 12.2. The van der Waals surface area contributed by atoms with E-state index in [4.69, 9.17) is 9.47 Å². The summed E-state index contributed by atoms with van der Waals surface area (Å²) >= 11 is 0. The van der Waals surface area contributed by atoms with Crippen molar-refractivity contribution < 1.29 is 28.7 Å². The number of carbonyl (C=O) groups is 4. The van der Waals surface area contributed by atoms with Crippen LogP contribution < -0.4 is 10.6 Å². The van der Waals surface area contributed by atoms with Crippen molar-refractivity contribution in [1.82, 2.24) is 10.6 Å². The van der Waals surface area contributed by atoms with Crippen molar-refractivity contribution in [3.05, 3.63) is 83.9 Å². The summed E-state index contributed by atoms with van der Waals surface area (Å²) in [5, 5.41) is 5.72. The van der Waals surface area contributed by atoms with Crippen LogP contribution in [0.15, 0.2) is 72.8 Å². The quantitative estimate of drug-likeness (QED) is 0.344. The van der Waals surface area contributed by atoms with Crippen LogP contribution >= 0.6 is 0 Å². The first kappa shape index (κ1) is 28.3. The second kappa shape index (κ2) is 14.5. The fourth-order valence-corrected chi connectivity index (χ4v) is 3.05. The number of hydrogen-bond acceptors (Lipinski definition) is 6. The minimum atomic E-state index is -0.751. The lowest BCUT2D eigenvalue weighted by Crippen LogP contribution is -2.35. The Morgan fingerprint density at radius 1 is 0.639 bits per heavy atom. The summed E-state index contributed by atoms with van der Waals surface area (Å²) in [6, 6.07) is 17.3. The van der Waals surface area contributed by atoms with Crippen LogP contribution in [-0.2, 0) is 28.7 Å². The Kier molecular flexibility index (Phi) is 11.4. The van der Waals surface area contributed by atoms with Crippen molar-refractivity contribution in [2.75, 3.05) is 13.2 Å². The number of carbonyl (C=O) groups excluding carboxylic acids is 4. The van der Waals surface area contributed by atoms with E-state index >= 15 is 0 Å². The van der Waals surface area contributed by atoms with Crippen LogP contribution in [0.25, 0.3) is 0 Å². The molecule has 36 heavy (non-hydrogen) atoms. The molecule has 0 saturated heterocycles. The first-order valence-corrected chi connectivity index (χ1v) is 11.9. The van der Waals surface area contributed by atoms with Crippen molar-refractivity contribution in [2.24, 2.45) is 11.8 Å². The average Bonchev–Trinajstić information content (AvgIpc) is 2.88. The van der Waals surface area contributed by atoms with E-state index in [2.05, 4.69) is 10.6 Å². The van der Waals surface area contributed by atoms with Gasteiger partial charge in [-0.25, -0.2) is 9.59 Å². The highest BCUT2D eigenvalue weighted by Gasteiger charge is 2.19. The van der Waals surface area contributed by atoms with Crippen LogP contribution in [0.3, 0.4) is 0 Å². The number of amides is 2. The molecule has 8 nitrogen and oxygen atoms in total. The summed E-state index contributed by atoms with van der Waals surface area (Å²) in [4.78, 5) is 48.7. The molecule has 0 heterocycles. The molecule has 0 radical (unpaired) electrons. The van der Waals surface area contributed by atoms with Crippen LogP contribution in [-0.4, -0.2) is 37.0 Å².